The van der Waals surface area contributed by atoms with Gasteiger partial charge in [0.05, 0.1) is 25.3 Å². The van der Waals surface area contributed by atoms with Crippen LogP contribution in [-0.2, 0) is 19.1 Å². The summed E-state index contributed by atoms with van der Waals surface area (Å²) in [5, 5.41) is 8.22. The number of carbonyl (C=O) groups is 2. The third-order valence-electron chi connectivity index (χ3n) is 2.14. The lowest BCUT2D eigenvalue weighted by atomic mass is 10.2. The van der Waals surface area contributed by atoms with Crippen LogP contribution in [0.1, 0.15) is 40.5 Å². The molecule has 0 aliphatic rings. The van der Waals surface area contributed by atoms with Crippen molar-refractivity contribution in [3.05, 3.63) is 0 Å². The van der Waals surface area contributed by atoms with E-state index in [-0.39, 0.29) is 24.0 Å². The van der Waals surface area contributed by atoms with Gasteiger partial charge in [-0.1, -0.05) is 0 Å². The van der Waals surface area contributed by atoms with Crippen molar-refractivity contribution in [2.45, 2.75) is 52.6 Å². The second kappa shape index (κ2) is 9.56. The summed E-state index contributed by atoms with van der Waals surface area (Å²) in [6.07, 6.45) is 1.31. The van der Waals surface area contributed by atoms with E-state index in [1.807, 2.05) is 13.8 Å². The molecule has 2 unspecified atom stereocenters. The first-order chi connectivity index (χ1) is 8.41. The van der Waals surface area contributed by atoms with E-state index in [1.54, 1.807) is 0 Å². The zero-order valence-corrected chi connectivity index (χ0v) is 11.5. The van der Waals surface area contributed by atoms with Crippen molar-refractivity contribution < 1.29 is 19.1 Å². The summed E-state index contributed by atoms with van der Waals surface area (Å²) in [4.78, 5) is 21.1. The molecule has 0 saturated heterocycles. The average Bonchev–Trinajstić information content (AvgIpc) is 2.25. The summed E-state index contributed by atoms with van der Waals surface area (Å²) in [7, 11) is 0. The van der Waals surface area contributed by atoms with E-state index in [4.69, 9.17) is 9.47 Å². The molecule has 0 aliphatic heterocycles. The van der Waals surface area contributed by atoms with Gasteiger partial charge in [-0.15, -0.1) is 0 Å². The van der Waals surface area contributed by atoms with Gasteiger partial charge in [-0.25, -0.2) is 0 Å². The van der Waals surface area contributed by atoms with Crippen LogP contribution in [0.4, 0.5) is 0 Å². The number of azo groups is 1. The summed E-state index contributed by atoms with van der Waals surface area (Å²) in [5.41, 5.74) is 0. The van der Waals surface area contributed by atoms with Crippen LogP contribution in [0, 0.1) is 0 Å². The second-order valence-electron chi connectivity index (χ2n) is 4.19. The van der Waals surface area contributed by atoms with Gasteiger partial charge in [0, 0.05) is 26.7 Å². The van der Waals surface area contributed by atoms with Crippen molar-refractivity contribution in [1.29, 1.82) is 0 Å². The molecule has 0 radical (unpaired) electrons. The van der Waals surface area contributed by atoms with Crippen molar-refractivity contribution in [2.75, 3.05) is 13.2 Å². The topological polar surface area (TPSA) is 77.3 Å². The Kier molecular flexibility index (Phi) is 8.78. The number of nitrogens with zero attached hydrogens (tertiary/aromatic N) is 2. The van der Waals surface area contributed by atoms with Gasteiger partial charge in [0.25, 0.3) is 0 Å². The van der Waals surface area contributed by atoms with Crippen molar-refractivity contribution in [1.82, 2.24) is 0 Å². The molecule has 0 fully saturated rings. The molecule has 2 atom stereocenters. The lowest BCUT2D eigenvalue weighted by Crippen LogP contribution is -2.09. The molecule has 0 bridgehead atoms. The predicted octanol–water partition coefficient (Wildman–Crippen LogP) is 2.12. The zero-order chi connectivity index (χ0) is 14.0. The lowest BCUT2D eigenvalue weighted by molar-refractivity contribution is -0.142. The molecule has 0 aromatic rings. The Hall–Kier alpha value is -1.46. The fraction of sp³-hybridized carbons (Fsp3) is 0.833. The van der Waals surface area contributed by atoms with Gasteiger partial charge >= 0.3 is 11.9 Å². The minimum Gasteiger partial charge on any atom is -0.466 e. The van der Waals surface area contributed by atoms with Gasteiger partial charge in [-0.05, 0) is 13.8 Å². The number of hydrogen-bond acceptors (Lipinski definition) is 6. The molecule has 0 rings (SSSR count). The van der Waals surface area contributed by atoms with E-state index < -0.39 is 0 Å². The molecule has 0 spiro atoms. The van der Waals surface area contributed by atoms with Crippen molar-refractivity contribution in [3.8, 4) is 0 Å². The fourth-order valence-corrected chi connectivity index (χ4v) is 1.09. The van der Waals surface area contributed by atoms with E-state index in [0.29, 0.717) is 26.1 Å². The maximum Gasteiger partial charge on any atom is 0.302 e. The molecule has 0 saturated carbocycles. The number of rotatable bonds is 8. The highest BCUT2D eigenvalue weighted by molar-refractivity contribution is 5.66. The van der Waals surface area contributed by atoms with E-state index in [9.17, 15) is 9.59 Å². The Bertz CT molecular complexity index is 264. The predicted molar refractivity (Wildman–Crippen MR) is 66.3 cm³/mol. The van der Waals surface area contributed by atoms with Gasteiger partial charge < -0.3 is 9.47 Å². The zero-order valence-electron chi connectivity index (χ0n) is 11.5. The van der Waals surface area contributed by atoms with Gasteiger partial charge in [0.15, 0.2) is 0 Å². The normalized spacial score (nSPS) is 14.2. The molecular formula is C12H22N2O4. The molecule has 6 nitrogen and oxygen atoms in total. The van der Waals surface area contributed by atoms with Crippen LogP contribution in [0.2, 0.25) is 0 Å². The SMILES string of the molecule is CC(=O)OCCC(C)N=NC(C)CCOC(C)=O. The minimum absolute atomic E-state index is 0.0144. The Morgan fingerprint density at radius 2 is 1.22 bits per heavy atom. The van der Waals surface area contributed by atoms with Crippen LogP contribution in [-0.4, -0.2) is 37.2 Å². The Labute approximate surface area is 108 Å². The highest BCUT2D eigenvalue weighted by Gasteiger charge is 2.04. The monoisotopic (exact) mass is 258 g/mol. The van der Waals surface area contributed by atoms with Gasteiger partial charge in [0.2, 0.25) is 0 Å². The average molecular weight is 258 g/mol. The summed E-state index contributed by atoms with van der Waals surface area (Å²) in [5.74, 6) is -0.567. The number of esters is 2. The summed E-state index contributed by atoms with van der Waals surface area (Å²) in [6, 6.07) is 0.0288. The van der Waals surface area contributed by atoms with Crippen molar-refractivity contribution >= 4 is 11.9 Å². The molecule has 0 amide bonds. The molecule has 0 aromatic carbocycles. The van der Waals surface area contributed by atoms with Crippen LogP contribution in [0.15, 0.2) is 10.2 Å². The van der Waals surface area contributed by atoms with Crippen molar-refractivity contribution in [2.24, 2.45) is 10.2 Å². The minimum atomic E-state index is -0.283. The quantitative estimate of drug-likeness (QED) is 0.493. The molecule has 18 heavy (non-hydrogen) atoms. The number of carbonyl (C=O) groups excluding carboxylic acids is 2. The third kappa shape index (κ3) is 11.0. The van der Waals surface area contributed by atoms with Gasteiger partial charge in [-0.3, -0.25) is 9.59 Å². The first-order valence-electron chi connectivity index (χ1n) is 6.08. The number of hydrogen-bond donors (Lipinski definition) is 0. The molecule has 0 N–H and O–H groups in total. The van der Waals surface area contributed by atoms with E-state index in [0.717, 1.165) is 0 Å². The van der Waals surface area contributed by atoms with Crippen molar-refractivity contribution in [3.63, 3.8) is 0 Å². The number of ether oxygens (including phenoxy) is 2. The van der Waals surface area contributed by atoms with Crippen LogP contribution in [0.3, 0.4) is 0 Å². The lowest BCUT2D eigenvalue weighted by Gasteiger charge is -2.08. The maximum absolute atomic E-state index is 10.5. The third-order valence-corrected chi connectivity index (χ3v) is 2.14. The van der Waals surface area contributed by atoms with Crippen LogP contribution >= 0.6 is 0 Å². The van der Waals surface area contributed by atoms with Crippen LogP contribution < -0.4 is 0 Å². The van der Waals surface area contributed by atoms with Gasteiger partial charge in [0.1, 0.15) is 0 Å². The molecular weight excluding hydrogens is 236 g/mol. The summed E-state index contributed by atoms with van der Waals surface area (Å²) >= 11 is 0. The van der Waals surface area contributed by atoms with E-state index in [1.165, 1.54) is 13.8 Å². The molecule has 104 valence electrons. The summed E-state index contributed by atoms with van der Waals surface area (Å²) < 4.78 is 9.62. The fourth-order valence-electron chi connectivity index (χ4n) is 1.09. The Morgan fingerprint density at radius 3 is 1.50 bits per heavy atom. The molecule has 0 aliphatic carbocycles. The van der Waals surface area contributed by atoms with Gasteiger partial charge in [-0.2, -0.15) is 10.2 Å². The second-order valence-corrected chi connectivity index (χ2v) is 4.19. The summed E-state index contributed by atoms with van der Waals surface area (Å²) in [6.45, 7) is 7.29. The Morgan fingerprint density at radius 1 is 0.889 bits per heavy atom. The van der Waals surface area contributed by atoms with Crippen LogP contribution in [0.5, 0.6) is 0 Å². The van der Waals surface area contributed by atoms with E-state index in [2.05, 4.69) is 10.2 Å². The van der Waals surface area contributed by atoms with E-state index >= 15 is 0 Å². The highest BCUT2D eigenvalue weighted by atomic mass is 16.5. The standard InChI is InChI=1S/C12H22N2O4/c1-9(5-7-17-11(3)15)13-14-10(2)6-8-18-12(4)16/h9-10H,5-8H2,1-4H3. The molecule has 0 aromatic heterocycles. The highest BCUT2D eigenvalue weighted by Crippen LogP contribution is 2.03. The maximum atomic E-state index is 10.5. The first kappa shape index (κ1) is 16.5. The molecule has 0 heterocycles. The Balaban J connectivity index is 3.70. The smallest absolute Gasteiger partial charge is 0.302 e. The van der Waals surface area contributed by atoms with Crippen LogP contribution in [0.25, 0.3) is 0 Å². The molecule has 6 heteroatoms. The largest absolute Gasteiger partial charge is 0.466 e. The first-order valence-corrected chi connectivity index (χ1v) is 6.08.